The van der Waals surface area contributed by atoms with Gasteiger partial charge in [0.1, 0.15) is 5.92 Å². The lowest BCUT2D eigenvalue weighted by atomic mass is 9.96. The maximum Gasteiger partial charge on any atom is 0.240 e. The molecule has 0 rings (SSSR count). The van der Waals surface area contributed by atoms with Crippen LogP contribution in [-0.2, 0) is 9.53 Å². The molecule has 1 unspecified atom stereocenters. The summed E-state index contributed by atoms with van der Waals surface area (Å²) in [5.41, 5.74) is 0. The lowest BCUT2D eigenvalue weighted by Gasteiger charge is -2.25. The van der Waals surface area contributed by atoms with Gasteiger partial charge in [-0.25, -0.2) is 0 Å². The van der Waals surface area contributed by atoms with E-state index < -0.39 is 5.92 Å². The van der Waals surface area contributed by atoms with Crippen LogP contribution in [0.5, 0.6) is 0 Å². The summed E-state index contributed by atoms with van der Waals surface area (Å²) < 4.78 is 4.92. The van der Waals surface area contributed by atoms with Gasteiger partial charge in [-0.2, -0.15) is 10.5 Å². The number of methoxy groups -OCH3 is 1. The summed E-state index contributed by atoms with van der Waals surface area (Å²) in [6.07, 6.45) is 0.270. The summed E-state index contributed by atoms with van der Waals surface area (Å²) >= 11 is 0. The molecule has 0 N–H and O–H groups in total. The molecule has 0 saturated heterocycles. The molecule has 0 aromatic rings. The van der Waals surface area contributed by atoms with Crippen molar-refractivity contribution in [3.05, 3.63) is 0 Å². The number of carbonyl (C=O) groups is 1. The van der Waals surface area contributed by atoms with E-state index in [0.717, 1.165) is 0 Å². The van der Waals surface area contributed by atoms with Gasteiger partial charge >= 0.3 is 0 Å². The molecular weight excluding hydrogens is 218 g/mol. The summed E-state index contributed by atoms with van der Waals surface area (Å²) in [5, 5.41) is 17.5. The smallest absolute Gasteiger partial charge is 0.240 e. The average Bonchev–Trinajstić information content (AvgIpc) is 2.29. The number of hydrogen-bond donors (Lipinski definition) is 0. The second-order valence-electron chi connectivity index (χ2n) is 4.08. The Morgan fingerprint density at radius 3 is 2.41 bits per heavy atom. The number of rotatable bonds is 7. The zero-order chi connectivity index (χ0) is 13.3. The van der Waals surface area contributed by atoms with Crippen LogP contribution in [0, 0.1) is 34.5 Å². The number of nitriles is 2. The minimum atomic E-state index is -0.648. The van der Waals surface area contributed by atoms with Crippen molar-refractivity contribution in [1.82, 2.24) is 4.90 Å². The number of nitrogens with zero attached hydrogens (tertiary/aromatic N) is 3. The molecule has 5 nitrogen and oxygen atoms in total. The molecule has 17 heavy (non-hydrogen) atoms. The second-order valence-corrected chi connectivity index (χ2v) is 4.08. The molecule has 5 heteroatoms. The molecule has 1 amide bonds. The van der Waals surface area contributed by atoms with E-state index in [-0.39, 0.29) is 18.2 Å². The first kappa shape index (κ1) is 15.4. The SMILES string of the molecule is COCCN(CCC#N)C(=O)C(C#N)C(C)C. The van der Waals surface area contributed by atoms with E-state index in [1.54, 1.807) is 7.11 Å². The molecule has 0 fully saturated rings. The molecule has 0 heterocycles. The van der Waals surface area contributed by atoms with E-state index in [1.807, 2.05) is 26.0 Å². The Hall–Kier alpha value is -1.59. The van der Waals surface area contributed by atoms with Crippen molar-refractivity contribution < 1.29 is 9.53 Å². The predicted molar refractivity (Wildman–Crippen MR) is 62.6 cm³/mol. The van der Waals surface area contributed by atoms with Crippen molar-refractivity contribution in [2.24, 2.45) is 11.8 Å². The molecule has 0 saturated carbocycles. The van der Waals surface area contributed by atoms with Gasteiger partial charge in [-0.15, -0.1) is 0 Å². The topological polar surface area (TPSA) is 77.1 Å². The minimum absolute atomic E-state index is 0.0281. The fraction of sp³-hybridized carbons (Fsp3) is 0.750. The molecule has 0 aromatic heterocycles. The van der Waals surface area contributed by atoms with E-state index in [2.05, 4.69) is 0 Å². The summed E-state index contributed by atoms with van der Waals surface area (Å²) in [6, 6.07) is 4.02. The fourth-order valence-corrected chi connectivity index (χ4v) is 1.40. The summed E-state index contributed by atoms with van der Waals surface area (Å²) in [5.74, 6) is -0.889. The maximum atomic E-state index is 12.1. The Morgan fingerprint density at radius 1 is 1.35 bits per heavy atom. The number of amides is 1. The van der Waals surface area contributed by atoms with Crippen LogP contribution in [-0.4, -0.2) is 37.6 Å². The highest BCUT2D eigenvalue weighted by Gasteiger charge is 2.26. The van der Waals surface area contributed by atoms with Crippen LogP contribution in [0.1, 0.15) is 20.3 Å². The largest absolute Gasteiger partial charge is 0.383 e. The van der Waals surface area contributed by atoms with E-state index in [1.165, 1.54) is 4.90 Å². The lowest BCUT2D eigenvalue weighted by Crippen LogP contribution is -2.40. The van der Waals surface area contributed by atoms with E-state index >= 15 is 0 Å². The van der Waals surface area contributed by atoms with Crippen LogP contribution in [0.3, 0.4) is 0 Å². The Morgan fingerprint density at radius 2 is 2.00 bits per heavy atom. The number of carbonyl (C=O) groups excluding carboxylic acids is 1. The molecular formula is C12H19N3O2. The van der Waals surface area contributed by atoms with Crippen LogP contribution in [0.25, 0.3) is 0 Å². The first-order valence-corrected chi connectivity index (χ1v) is 5.62. The zero-order valence-corrected chi connectivity index (χ0v) is 10.6. The highest BCUT2D eigenvalue weighted by atomic mass is 16.5. The summed E-state index contributed by atoms with van der Waals surface area (Å²) in [6.45, 7) is 4.86. The lowest BCUT2D eigenvalue weighted by molar-refractivity contribution is -0.135. The Balaban J connectivity index is 4.61. The molecule has 0 aliphatic carbocycles. The molecule has 0 aromatic carbocycles. The number of ether oxygens (including phenoxy) is 1. The van der Waals surface area contributed by atoms with E-state index in [0.29, 0.717) is 19.7 Å². The minimum Gasteiger partial charge on any atom is -0.383 e. The molecule has 0 aliphatic rings. The zero-order valence-electron chi connectivity index (χ0n) is 10.6. The van der Waals surface area contributed by atoms with Gasteiger partial charge in [-0.05, 0) is 5.92 Å². The van der Waals surface area contributed by atoms with Gasteiger partial charge in [0, 0.05) is 20.2 Å². The third kappa shape index (κ3) is 5.33. The number of hydrogen-bond acceptors (Lipinski definition) is 4. The van der Waals surface area contributed by atoms with Gasteiger partial charge in [0.25, 0.3) is 0 Å². The molecule has 0 bridgehead atoms. The Bertz CT molecular complexity index is 315. The molecule has 94 valence electrons. The normalized spacial score (nSPS) is 11.6. The van der Waals surface area contributed by atoms with Crippen LogP contribution in [0.4, 0.5) is 0 Å². The third-order valence-electron chi connectivity index (χ3n) is 2.44. The quantitative estimate of drug-likeness (QED) is 0.666. The fourth-order valence-electron chi connectivity index (χ4n) is 1.40. The van der Waals surface area contributed by atoms with Gasteiger partial charge in [0.15, 0.2) is 0 Å². The third-order valence-corrected chi connectivity index (χ3v) is 2.44. The van der Waals surface area contributed by atoms with Crippen molar-refractivity contribution >= 4 is 5.91 Å². The van der Waals surface area contributed by atoms with E-state index in [9.17, 15) is 4.79 Å². The molecule has 0 aliphatic heterocycles. The summed E-state index contributed by atoms with van der Waals surface area (Å²) in [7, 11) is 1.55. The summed E-state index contributed by atoms with van der Waals surface area (Å²) in [4.78, 5) is 13.6. The first-order chi connectivity index (χ1) is 8.08. The molecule has 0 spiro atoms. The van der Waals surface area contributed by atoms with E-state index in [4.69, 9.17) is 15.3 Å². The van der Waals surface area contributed by atoms with Crippen LogP contribution in [0.2, 0.25) is 0 Å². The highest BCUT2D eigenvalue weighted by Crippen LogP contribution is 2.13. The first-order valence-electron chi connectivity index (χ1n) is 5.62. The maximum absolute atomic E-state index is 12.1. The average molecular weight is 237 g/mol. The highest BCUT2D eigenvalue weighted by molar-refractivity contribution is 5.81. The molecule has 1 atom stereocenters. The van der Waals surface area contributed by atoms with Gasteiger partial charge in [0.05, 0.1) is 25.2 Å². The Labute approximate surface area is 103 Å². The standard InChI is InChI=1S/C12H19N3O2/c1-10(2)11(9-14)12(16)15(6-4-5-13)7-8-17-3/h10-11H,4,6-8H2,1-3H3. The second kappa shape index (κ2) is 8.55. The van der Waals surface area contributed by atoms with Crippen LogP contribution in [0.15, 0.2) is 0 Å². The van der Waals surface area contributed by atoms with Crippen molar-refractivity contribution in [3.8, 4) is 12.1 Å². The Kier molecular flexibility index (Phi) is 7.75. The van der Waals surface area contributed by atoms with Crippen LogP contribution < -0.4 is 0 Å². The van der Waals surface area contributed by atoms with Gasteiger partial charge < -0.3 is 9.64 Å². The van der Waals surface area contributed by atoms with Crippen molar-refractivity contribution in [2.45, 2.75) is 20.3 Å². The van der Waals surface area contributed by atoms with Gasteiger partial charge in [0.2, 0.25) is 5.91 Å². The molecule has 0 radical (unpaired) electrons. The monoisotopic (exact) mass is 237 g/mol. The van der Waals surface area contributed by atoms with Crippen molar-refractivity contribution in [2.75, 3.05) is 26.8 Å². The predicted octanol–water partition coefficient (Wildman–Crippen LogP) is 1.17. The van der Waals surface area contributed by atoms with Crippen LogP contribution >= 0.6 is 0 Å². The van der Waals surface area contributed by atoms with Gasteiger partial charge in [-0.1, -0.05) is 13.8 Å². The van der Waals surface area contributed by atoms with Crippen molar-refractivity contribution in [3.63, 3.8) is 0 Å². The van der Waals surface area contributed by atoms with Gasteiger partial charge in [-0.3, -0.25) is 4.79 Å². The van der Waals surface area contributed by atoms with Crippen molar-refractivity contribution in [1.29, 1.82) is 10.5 Å².